The monoisotopic (exact) mass is 417 g/mol. The highest BCUT2D eigenvalue weighted by Crippen LogP contribution is 2.24. The molecule has 8 heteroatoms. The lowest BCUT2D eigenvalue weighted by Crippen LogP contribution is -2.55. The average Bonchev–Trinajstić information content (AvgIpc) is 2.70. The second kappa shape index (κ2) is 8.52. The van der Waals surface area contributed by atoms with Crippen LogP contribution in [0.2, 0.25) is 0 Å². The number of amides is 1. The third-order valence-corrected chi connectivity index (χ3v) is 6.83. The van der Waals surface area contributed by atoms with Crippen LogP contribution in [-0.2, 0) is 19.6 Å². The van der Waals surface area contributed by atoms with Gasteiger partial charge in [0.15, 0.2) is 0 Å². The molecular weight excluding hydrogens is 390 g/mol. The predicted octanol–water partition coefficient (Wildman–Crippen LogP) is 2.56. The highest BCUT2D eigenvalue weighted by atomic mass is 32.2. The molecule has 1 fully saturated rings. The van der Waals surface area contributed by atoms with Crippen molar-refractivity contribution in [3.63, 3.8) is 0 Å². The first-order chi connectivity index (χ1) is 13.7. The summed E-state index contributed by atoms with van der Waals surface area (Å²) in [5.74, 6) is -0.189. The largest absolute Gasteiger partial charge is 0.378 e. The molecule has 1 aliphatic rings. The molecule has 0 aromatic heterocycles. The second-order valence-corrected chi connectivity index (χ2v) is 9.64. The van der Waals surface area contributed by atoms with Crippen LogP contribution < -0.4 is 9.62 Å². The summed E-state index contributed by atoms with van der Waals surface area (Å²) in [5, 5.41) is 2.81. The number of morpholine rings is 1. The van der Waals surface area contributed by atoms with Crippen LogP contribution in [0, 0.1) is 0 Å². The number of rotatable bonds is 6. The first-order valence-electron chi connectivity index (χ1n) is 9.47. The molecule has 0 radical (unpaired) electrons. The molecule has 1 saturated heterocycles. The number of nitrogens with zero attached hydrogens (tertiary/aromatic N) is 2. The summed E-state index contributed by atoms with van der Waals surface area (Å²) in [5.41, 5.74) is 0.791. The summed E-state index contributed by atoms with van der Waals surface area (Å²) in [7, 11) is -2.23. The van der Waals surface area contributed by atoms with Crippen LogP contribution in [0.5, 0.6) is 0 Å². The molecule has 1 heterocycles. The average molecular weight is 418 g/mol. The Kier molecular flexibility index (Phi) is 6.26. The third-order valence-electron chi connectivity index (χ3n) is 5.05. The minimum absolute atomic E-state index is 0.119. The van der Waals surface area contributed by atoms with Crippen molar-refractivity contribution in [2.24, 2.45) is 0 Å². The van der Waals surface area contributed by atoms with E-state index in [2.05, 4.69) is 10.2 Å². The maximum absolute atomic E-state index is 13.0. The fourth-order valence-corrected chi connectivity index (χ4v) is 4.47. The Morgan fingerprint density at radius 3 is 2.59 bits per heavy atom. The van der Waals surface area contributed by atoms with Gasteiger partial charge in [-0.2, -0.15) is 0 Å². The molecule has 29 heavy (non-hydrogen) atoms. The first kappa shape index (κ1) is 21.3. The molecule has 1 amide bonds. The predicted molar refractivity (Wildman–Crippen MR) is 114 cm³/mol. The van der Waals surface area contributed by atoms with Crippen molar-refractivity contribution in [3.05, 3.63) is 54.6 Å². The summed E-state index contributed by atoms with van der Waals surface area (Å²) in [4.78, 5) is 14.7. The van der Waals surface area contributed by atoms with Crippen LogP contribution in [-0.4, -0.2) is 58.1 Å². The van der Waals surface area contributed by atoms with Crippen LogP contribution >= 0.6 is 0 Å². The normalized spacial score (nSPS) is 16.9. The summed E-state index contributed by atoms with van der Waals surface area (Å²) in [6, 6.07) is 15.2. The van der Waals surface area contributed by atoms with Gasteiger partial charge in [-0.25, -0.2) is 8.42 Å². The molecule has 0 atom stereocenters. The number of para-hydroxylation sites is 1. The Hall–Kier alpha value is -2.42. The Bertz CT molecular complexity index is 961. The number of benzene rings is 2. The summed E-state index contributed by atoms with van der Waals surface area (Å²) in [6.07, 6.45) is 0. The molecule has 2 aromatic rings. The van der Waals surface area contributed by atoms with Gasteiger partial charge < -0.3 is 10.1 Å². The van der Waals surface area contributed by atoms with Crippen molar-refractivity contribution in [2.75, 3.05) is 43.0 Å². The van der Waals surface area contributed by atoms with Crippen molar-refractivity contribution < 1.29 is 17.9 Å². The Morgan fingerprint density at radius 2 is 1.90 bits per heavy atom. The summed E-state index contributed by atoms with van der Waals surface area (Å²) < 4.78 is 32.6. The van der Waals surface area contributed by atoms with E-state index in [0.29, 0.717) is 31.1 Å². The molecule has 2 aromatic carbocycles. The van der Waals surface area contributed by atoms with E-state index in [1.807, 2.05) is 19.9 Å². The van der Waals surface area contributed by atoms with Gasteiger partial charge in [-0.3, -0.25) is 14.0 Å². The number of sulfonamides is 1. The zero-order valence-corrected chi connectivity index (χ0v) is 17.8. The van der Waals surface area contributed by atoms with Crippen LogP contribution in [0.15, 0.2) is 59.5 Å². The maximum Gasteiger partial charge on any atom is 0.264 e. The molecule has 0 unspecified atom stereocenters. The van der Waals surface area contributed by atoms with E-state index in [1.54, 1.807) is 36.4 Å². The van der Waals surface area contributed by atoms with Crippen molar-refractivity contribution in [1.29, 1.82) is 0 Å². The number of anilines is 2. The molecule has 1 aliphatic heterocycles. The Balaban J connectivity index is 1.73. The number of carbonyl (C=O) groups excluding carboxylic acids is 1. The number of nitrogens with one attached hydrogen (secondary N) is 1. The fraction of sp³-hybridized carbons (Fsp3) is 0.381. The van der Waals surface area contributed by atoms with Gasteiger partial charge >= 0.3 is 0 Å². The number of hydrogen-bond acceptors (Lipinski definition) is 5. The van der Waals surface area contributed by atoms with Gasteiger partial charge in [0, 0.05) is 24.8 Å². The van der Waals surface area contributed by atoms with Gasteiger partial charge in [0.05, 0.1) is 30.3 Å². The zero-order valence-electron chi connectivity index (χ0n) is 17.0. The molecule has 7 nitrogen and oxygen atoms in total. The van der Waals surface area contributed by atoms with Crippen LogP contribution in [0.25, 0.3) is 0 Å². The van der Waals surface area contributed by atoms with Crippen LogP contribution in [0.1, 0.15) is 13.8 Å². The molecule has 0 spiro atoms. The van der Waals surface area contributed by atoms with Gasteiger partial charge in [0.25, 0.3) is 10.0 Å². The van der Waals surface area contributed by atoms with Gasteiger partial charge in [0.1, 0.15) is 0 Å². The van der Waals surface area contributed by atoms with Gasteiger partial charge in [0.2, 0.25) is 5.91 Å². The van der Waals surface area contributed by atoms with Crippen molar-refractivity contribution in [3.8, 4) is 0 Å². The van der Waals surface area contributed by atoms with E-state index in [0.717, 1.165) is 0 Å². The lowest BCUT2D eigenvalue weighted by molar-refractivity contribution is -0.122. The van der Waals surface area contributed by atoms with E-state index >= 15 is 0 Å². The van der Waals surface area contributed by atoms with E-state index in [1.165, 1.54) is 23.5 Å². The Labute approximate surface area is 172 Å². The van der Waals surface area contributed by atoms with E-state index < -0.39 is 10.0 Å². The van der Waals surface area contributed by atoms with Crippen molar-refractivity contribution in [1.82, 2.24) is 4.90 Å². The molecule has 3 rings (SSSR count). The topological polar surface area (TPSA) is 79.0 Å². The first-order valence-corrected chi connectivity index (χ1v) is 10.9. The highest BCUT2D eigenvalue weighted by Gasteiger charge is 2.31. The lowest BCUT2D eigenvalue weighted by Gasteiger charge is -2.41. The van der Waals surface area contributed by atoms with E-state index in [9.17, 15) is 13.2 Å². The minimum Gasteiger partial charge on any atom is -0.378 e. The highest BCUT2D eigenvalue weighted by molar-refractivity contribution is 7.92. The van der Waals surface area contributed by atoms with Crippen LogP contribution in [0.3, 0.4) is 0 Å². The molecule has 0 aliphatic carbocycles. The third kappa shape index (κ3) is 4.95. The smallest absolute Gasteiger partial charge is 0.264 e. The summed E-state index contributed by atoms with van der Waals surface area (Å²) >= 11 is 0. The van der Waals surface area contributed by atoms with Crippen molar-refractivity contribution >= 4 is 27.3 Å². The van der Waals surface area contributed by atoms with Crippen molar-refractivity contribution in [2.45, 2.75) is 24.3 Å². The SMILES string of the molecule is CN(c1ccccc1)S(=O)(=O)c1cccc(NC(=O)CN2CCOCC2(C)C)c1. The summed E-state index contributed by atoms with van der Waals surface area (Å²) in [6.45, 7) is 6.13. The fourth-order valence-electron chi connectivity index (χ4n) is 3.23. The molecule has 1 N–H and O–H groups in total. The molecule has 156 valence electrons. The van der Waals surface area contributed by atoms with Crippen LogP contribution in [0.4, 0.5) is 11.4 Å². The molecular formula is C21H27N3O4S. The van der Waals surface area contributed by atoms with E-state index in [-0.39, 0.29) is 22.9 Å². The molecule has 0 bridgehead atoms. The van der Waals surface area contributed by atoms with Gasteiger partial charge in [-0.1, -0.05) is 24.3 Å². The zero-order chi connectivity index (χ0) is 21.1. The van der Waals surface area contributed by atoms with Gasteiger partial charge in [-0.15, -0.1) is 0 Å². The van der Waals surface area contributed by atoms with Gasteiger partial charge in [-0.05, 0) is 44.2 Å². The Morgan fingerprint density at radius 1 is 1.17 bits per heavy atom. The molecule has 0 saturated carbocycles. The lowest BCUT2D eigenvalue weighted by atomic mass is 10.0. The second-order valence-electron chi connectivity index (χ2n) is 7.67. The maximum atomic E-state index is 13.0. The minimum atomic E-state index is -3.74. The number of ether oxygens (including phenoxy) is 1. The quantitative estimate of drug-likeness (QED) is 0.782. The van der Waals surface area contributed by atoms with E-state index in [4.69, 9.17) is 4.74 Å². The number of carbonyl (C=O) groups is 1. The standard InChI is InChI=1S/C21H27N3O4S/c1-21(2)16-28-13-12-24(21)15-20(25)22-17-8-7-11-19(14-17)29(26,27)23(3)18-9-5-4-6-10-18/h4-11,14H,12-13,15-16H2,1-3H3,(H,22,25). The number of hydrogen-bond donors (Lipinski definition) is 1.